The molecule has 6 rings (SSSR count). The quantitative estimate of drug-likeness (QED) is 0.193. The van der Waals surface area contributed by atoms with E-state index >= 15 is 0 Å². The smallest absolute Gasteiger partial charge is 0.406 e. The minimum atomic E-state index is -4.75. The van der Waals surface area contributed by atoms with E-state index in [0.29, 0.717) is 29.0 Å². The molecule has 2 fully saturated rings. The summed E-state index contributed by atoms with van der Waals surface area (Å²) >= 11 is 1.31. The zero-order chi connectivity index (χ0) is 32.4. The standard InChI is InChI=1S/C34H32F3N5O3S/c1-21(2)28-5-3-4-6-29(28)42-31(44)19-46-33(42)39-30(43)18-22-7-8-25(17-22)23-9-11-24(12-10-23)32-38-20-41(40-32)26-13-15-27(16-14-26)45-34(35,36)37/h3-6,9-16,20-22,25H,7-8,17-19H2,1-2H3. The van der Waals surface area contributed by atoms with E-state index in [1.165, 1.54) is 52.6 Å². The molecule has 1 saturated carbocycles. The molecular weight excluding hydrogens is 615 g/mol. The number of amidine groups is 1. The van der Waals surface area contributed by atoms with Gasteiger partial charge in [-0.2, -0.15) is 4.99 Å². The molecule has 1 aromatic heterocycles. The second-order valence-corrected chi connectivity index (χ2v) is 12.7. The summed E-state index contributed by atoms with van der Waals surface area (Å²) in [6, 6.07) is 21.2. The Balaban J connectivity index is 1.06. The Morgan fingerprint density at radius 2 is 1.78 bits per heavy atom. The summed E-state index contributed by atoms with van der Waals surface area (Å²) in [4.78, 5) is 36.2. The molecule has 2 unspecified atom stereocenters. The molecule has 12 heteroatoms. The fourth-order valence-electron chi connectivity index (χ4n) is 6.05. The van der Waals surface area contributed by atoms with Crippen molar-refractivity contribution in [2.75, 3.05) is 10.7 Å². The van der Waals surface area contributed by atoms with Crippen LogP contribution in [0.2, 0.25) is 0 Å². The minimum absolute atomic E-state index is 0.0652. The van der Waals surface area contributed by atoms with Crippen molar-refractivity contribution in [3.05, 3.63) is 90.3 Å². The summed E-state index contributed by atoms with van der Waals surface area (Å²) in [6.07, 6.45) is -0.128. The molecule has 0 N–H and O–H groups in total. The van der Waals surface area contributed by atoms with Gasteiger partial charge in [-0.15, -0.1) is 18.3 Å². The third-order valence-electron chi connectivity index (χ3n) is 8.26. The van der Waals surface area contributed by atoms with E-state index in [1.54, 1.807) is 4.90 Å². The number of nitrogens with zero attached hydrogens (tertiary/aromatic N) is 5. The van der Waals surface area contributed by atoms with Gasteiger partial charge in [0, 0.05) is 12.0 Å². The molecule has 1 aliphatic heterocycles. The van der Waals surface area contributed by atoms with Gasteiger partial charge in [-0.05, 0) is 78.5 Å². The topological polar surface area (TPSA) is 89.7 Å². The summed E-state index contributed by atoms with van der Waals surface area (Å²) in [5.74, 6) is 0.941. The molecule has 3 aromatic carbocycles. The van der Waals surface area contributed by atoms with Gasteiger partial charge in [0.25, 0.3) is 0 Å². The normalized spacial score (nSPS) is 19.4. The maximum atomic E-state index is 13.1. The van der Waals surface area contributed by atoms with Crippen molar-refractivity contribution < 1.29 is 27.5 Å². The zero-order valence-electron chi connectivity index (χ0n) is 25.3. The molecule has 1 aliphatic carbocycles. The van der Waals surface area contributed by atoms with Gasteiger partial charge in [0.2, 0.25) is 11.8 Å². The van der Waals surface area contributed by atoms with Crippen molar-refractivity contribution in [1.29, 1.82) is 0 Å². The van der Waals surface area contributed by atoms with Crippen molar-refractivity contribution in [2.45, 2.75) is 57.7 Å². The summed E-state index contributed by atoms with van der Waals surface area (Å²) in [6.45, 7) is 4.16. The van der Waals surface area contributed by atoms with Crippen LogP contribution >= 0.6 is 11.8 Å². The first-order valence-electron chi connectivity index (χ1n) is 15.1. The Labute approximate surface area is 268 Å². The van der Waals surface area contributed by atoms with Crippen LogP contribution in [0.25, 0.3) is 17.1 Å². The van der Waals surface area contributed by atoms with Crippen LogP contribution in [0, 0.1) is 5.92 Å². The Bertz CT molecular complexity index is 1750. The van der Waals surface area contributed by atoms with Gasteiger partial charge in [0.15, 0.2) is 11.0 Å². The summed E-state index contributed by atoms with van der Waals surface area (Å²) in [5.41, 5.74) is 4.37. The fourth-order valence-corrected chi connectivity index (χ4v) is 6.93. The van der Waals surface area contributed by atoms with Gasteiger partial charge in [-0.25, -0.2) is 9.67 Å². The number of carbonyl (C=O) groups is 2. The maximum absolute atomic E-state index is 13.1. The first-order valence-corrected chi connectivity index (χ1v) is 16.1. The number of alkyl halides is 3. The van der Waals surface area contributed by atoms with Crippen molar-refractivity contribution >= 4 is 34.4 Å². The third kappa shape index (κ3) is 7.17. The number of para-hydroxylation sites is 1. The van der Waals surface area contributed by atoms with Crippen molar-refractivity contribution in [3.63, 3.8) is 0 Å². The molecule has 46 heavy (non-hydrogen) atoms. The molecule has 8 nitrogen and oxygen atoms in total. The van der Waals surface area contributed by atoms with Gasteiger partial charge in [-0.1, -0.05) is 68.1 Å². The van der Waals surface area contributed by atoms with E-state index < -0.39 is 6.36 Å². The van der Waals surface area contributed by atoms with Crippen LogP contribution in [0.5, 0.6) is 5.75 Å². The number of aromatic nitrogens is 3. The van der Waals surface area contributed by atoms with Crippen LogP contribution in [0.1, 0.15) is 62.5 Å². The first-order chi connectivity index (χ1) is 22.0. The third-order valence-corrected chi connectivity index (χ3v) is 9.18. The molecule has 0 spiro atoms. The number of hydrogen-bond donors (Lipinski definition) is 0. The number of halogens is 3. The SMILES string of the molecule is CC(C)c1ccccc1N1C(=O)CSC1=NC(=O)CC1CCC(c2ccc(-c3ncn(-c4ccc(OC(F)(F)F)cc4)n3)cc2)C1. The van der Waals surface area contributed by atoms with Gasteiger partial charge < -0.3 is 4.74 Å². The number of carbonyl (C=O) groups excluding carboxylic acids is 2. The second kappa shape index (κ2) is 13.1. The molecule has 0 radical (unpaired) electrons. The van der Waals surface area contributed by atoms with Crippen molar-refractivity contribution in [2.24, 2.45) is 10.9 Å². The van der Waals surface area contributed by atoms with E-state index in [4.69, 9.17) is 0 Å². The highest BCUT2D eigenvalue weighted by Gasteiger charge is 2.34. The summed E-state index contributed by atoms with van der Waals surface area (Å²) in [5, 5.41) is 4.93. The molecule has 238 valence electrons. The lowest BCUT2D eigenvalue weighted by molar-refractivity contribution is -0.274. The first kappa shape index (κ1) is 31.5. The minimum Gasteiger partial charge on any atom is -0.406 e. The molecule has 0 bridgehead atoms. The van der Waals surface area contributed by atoms with E-state index in [1.807, 2.05) is 36.4 Å². The Morgan fingerprint density at radius 3 is 2.50 bits per heavy atom. The van der Waals surface area contributed by atoms with E-state index in [9.17, 15) is 22.8 Å². The fraction of sp³-hybridized carbons (Fsp3) is 0.324. The number of thioether (sulfide) groups is 1. The highest BCUT2D eigenvalue weighted by molar-refractivity contribution is 8.15. The molecular formula is C34H32F3N5O3S. The van der Waals surface area contributed by atoms with Crippen LogP contribution in [0.3, 0.4) is 0 Å². The summed E-state index contributed by atoms with van der Waals surface area (Å²) in [7, 11) is 0. The van der Waals surface area contributed by atoms with Gasteiger partial charge in [-0.3, -0.25) is 14.5 Å². The largest absolute Gasteiger partial charge is 0.573 e. The lowest BCUT2D eigenvalue weighted by atomic mass is 9.94. The predicted molar refractivity (Wildman–Crippen MR) is 171 cm³/mol. The van der Waals surface area contributed by atoms with E-state index in [2.05, 4.69) is 45.8 Å². The van der Waals surface area contributed by atoms with Crippen molar-refractivity contribution in [1.82, 2.24) is 14.8 Å². The number of amides is 2. The van der Waals surface area contributed by atoms with Gasteiger partial charge in [0.1, 0.15) is 12.1 Å². The Kier molecular flexibility index (Phi) is 8.99. The lowest BCUT2D eigenvalue weighted by Gasteiger charge is -2.21. The van der Waals surface area contributed by atoms with Gasteiger partial charge in [0.05, 0.1) is 17.1 Å². The van der Waals surface area contributed by atoms with E-state index in [-0.39, 0.29) is 35.2 Å². The lowest BCUT2D eigenvalue weighted by Crippen LogP contribution is -2.31. The molecule has 4 aromatic rings. The monoisotopic (exact) mass is 647 g/mol. The van der Waals surface area contributed by atoms with Crippen LogP contribution in [0.4, 0.5) is 18.9 Å². The second-order valence-electron chi connectivity index (χ2n) is 11.8. The number of aliphatic imine (C=N–C) groups is 1. The Hall–Kier alpha value is -4.45. The number of ether oxygens (including phenoxy) is 1. The highest BCUT2D eigenvalue weighted by Crippen LogP contribution is 2.41. The van der Waals surface area contributed by atoms with Crippen molar-refractivity contribution in [3.8, 4) is 22.8 Å². The molecule has 1 saturated heterocycles. The number of anilines is 1. The van der Waals surface area contributed by atoms with Crippen LogP contribution < -0.4 is 9.64 Å². The van der Waals surface area contributed by atoms with Crippen LogP contribution in [0.15, 0.2) is 84.1 Å². The molecule has 2 aliphatic rings. The highest BCUT2D eigenvalue weighted by atomic mass is 32.2. The average Bonchev–Trinajstić information content (AvgIpc) is 3.78. The number of benzene rings is 3. The Morgan fingerprint density at radius 1 is 1.04 bits per heavy atom. The predicted octanol–water partition coefficient (Wildman–Crippen LogP) is 7.89. The average molecular weight is 648 g/mol. The number of hydrogen-bond acceptors (Lipinski definition) is 6. The maximum Gasteiger partial charge on any atom is 0.573 e. The molecule has 2 amide bonds. The van der Waals surface area contributed by atoms with Gasteiger partial charge >= 0.3 is 6.36 Å². The van der Waals surface area contributed by atoms with Crippen LogP contribution in [-0.4, -0.2) is 43.9 Å². The summed E-state index contributed by atoms with van der Waals surface area (Å²) < 4.78 is 42.7. The molecule has 2 heterocycles. The van der Waals surface area contributed by atoms with Crippen LogP contribution in [-0.2, 0) is 9.59 Å². The van der Waals surface area contributed by atoms with E-state index in [0.717, 1.165) is 36.1 Å². The molecule has 2 atom stereocenters. The zero-order valence-corrected chi connectivity index (χ0v) is 26.1. The number of rotatable bonds is 8.